The van der Waals surface area contributed by atoms with Crippen LogP contribution in [0, 0.1) is 6.92 Å². The van der Waals surface area contributed by atoms with Gasteiger partial charge in [-0.3, -0.25) is 4.79 Å². The Hall–Kier alpha value is -2.50. The number of hydrogen-bond donors (Lipinski definition) is 0. The van der Waals surface area contributed by atoms with Crippen molar-refractivity contribution >= 4 is 57.6 Å². The van der Waals surface area contributed by atoms with Crippen molar-refractivity contribution in [1.29, 1.82) is 0 Å². The molecule has 32 heavy (non-hydrogen) atoms. The fourth-order valence-corrected chi connectivity index (χ4v) is 7.33. The van der Waals surface area contributed by atoms with Crippen molar-refractivity contribution in [2.45, 2.75) is 18.7 Å². The van der Waals surface area contributed by atoms with Crippen molar-refractivity contribution < 1.29 is 17.7 Å². The molecule has 0 aliphatic rings. The number of fused-ring (bicyclic) bond motifs is 1. The Labute approximate surface area is 193 Å². The predicted molar refractivity (Wildman–Crippen MR) is 130 cm³/mol. The summed E-state index contributed by atoms with van der Waals surface area (Å²) < 4.78 is 34.5. The van der Waals surface area contributed by atoms with Crippen LogP contribution in [0.3, 0.4) is 0 Å². The molecule has 5 nitrogen and oxygen atoms in total. The Morgan fingerprint density at radius 1 is 1.03 bits per heavy atom. The molecule has 0 amide bonds. The Morgan fingerprint density at radius 2 is 1.72 bits per heavy atom. The van der Waals surface area contributed by atoms with Crippen molar-refractivity contribution in [3.05, 3.63) is 89.1 Å². The summed E-state index contributed by atoms with van der Waals surface area (Å²) in [4.78, 5) is 12.5. The van der Waals surface area contributed by atoms with Crippen LogP contribution < -0.4 is 10.6 Å². The van der Waals surface area contributed by atoms with Gasteiger partial charge in [-0.1, -0.05) is 59.6 Å². The maximum absolute atomic E-state index is 13.6. The van der Waals surface area contributed by atoms with Crippen LogP contribution in [0.2, 0.25) is 5.02 Å². The lowest BCUT2D eigenvalue weighted by Crippen LogP contribution is -2.21. The van der Waals surface area contributed by atoms with Crippen LogP contribution in [0.1, 0.15) is 23.0 Å². The lowest BCUT2D eigenvalue weighted by Gasteiger charge is -2.18. The maximum atomic E-state index is 13.6. The minimum Gasteiger partial charge on any atom is -0.350 e. The zero-order chi connectivity index (χ0) is 22.9. The van der Waals surface area contributed by atoms with E-state index in [4.69, 9.17) is 16.1 Å². The van der Waals surface area contributed by atoms with Gasteiger partial charge in [-0.2, -0.15) is 0 Å². The summed E-state index contributed by atoms with van der Waals surface area (Å²) >= 11 is 6.29. The average molecular weight is 486 g/mol. The Bertz CT molecular complexity index is 1380. The molecule has 0 fully saturated rings. The van der Waals surface area contributed by atoms with Crippen LogP contribution in [0.5, 0.6) is 0 Å². The van der Waals surface area contributed by atoms with Gasteiger partial charge >= 0.3 is 0 Å². The second-order valence-corrected chi connectivity index (χ2v) is 11.2. The van der Waals surface area contributed by atoms with E-state index in [1.807, 2.05) is 38.1 Å². The van der Waals surface area contributed by atoms with Crippen molar-refractivity contribution in [3.8, 4) is 0 Å². The highest BCUT2D eigenvalue weighted by Gasteiger charge is 2.31. The van der Waals surface area contributed by atoms with E-state index in [-0.39, 0.29) is 10.6 Å². The molecule has 1 unspecified atom stereocenters. The van der Waals surface area contributed by atoms with Crippen molar-refractivity contribution in [3.63, 3.8) is 0 Å². The molecule has 1 atom stereocenters. The van der Waals surface area contributed by atoms with Crippen LogP contribution in [0.25, 0.3) is 10.9 Å². The quantitative estimate of drug-likeness (QED) is 0.272. The van der Waals surface area contributed by atoms with Crippen LogP contribution >= 0.6 is 19.7 Å². The fourth-order valence-electron chi connectivity index (χ4n) is 3.59. The van der Waals surface area contributed by atoms with Gasteiger partial charge in [-0.25, -0.2) is 12.4 Å². The average Bonchev–Trinajstić information content (AvgIpc) is 3.12. The van der Waals surface area contributed by atoms with Crippen LogP contribution in [-0.4, -0.2) is 25.3 Å². The molecular weight excluding hydrogens is 465 g/mol. The Kier molecular flexibility index (Phi) is 6.50. The monoisotopic (exact) mass is 485 g/mol. The number of benzene rings is 3. The molecule has 1 heterocycles. The molecule has 3 aromatic carbocycles. The van der Waals surface area contributed by atoms with E-state index in [1.165, 1.54) is 12.1 Å². The topological polar surface area (TPSA) is 65.4 Å². The summed E-state index contributed by atoms with van der Waals surface area (Å²) in [5, 5.41) is 2.45. The maximum Gasteiger partial charge on any atom is 0.268 e. The SMILES string of the molecule is CCOP(c1ccc(C)cc1)c1c(C=O)n(S(=O)(=O)c2ccccc2)c2ccc(Cl)cc12. The molecule has 4 aromatic rings. The molecule has 0 N–H and O–H groups in total. The molecule has 0 spiro atoms. The minimum atomic E-state index is -4.04. The first-order chi connectivity index (χ1) is 15.4. The van der Waals surface area contributed by atoms with E-state index in [0.717, 1.165) is 14.8 Å². The van der Waals surface area contributed by atoms with E-state index in [9.17, 15) is 13.2 Å². The van der Waals surface area contributed by atoms with Crippen molar-refractivity contribution in [2.24, 2.45) is 0 Å². The van der Waals surface area contributed by atoms with Crippen LogP contribution in [-0.2, 0) is 14.5 Å². The van der Waals surface area contributed by atoms with Gasteiger partial charge in [-0.05, 0) is 44.2 Å². The number of rotatable bonds is 7. The summed E-state index contributed by atoms with van der Waals surface area (Å²) in [7, 11) is -5.51. The largest absolute Gasteiger partial charge is 0.350 e. The zero-order valence-electron chi connectivity index (χ0n) is 17.5. The van der Waals surface area contributed by atoms with Gasteiger partial charge in [0.1, 0.15) is 5.69 Å². The van der Waals surface area contributed by atoms with Gasteiger partial charge in [0.25, 0.3) is 10.0 Å². The van der Waals surface area contributed by atoms with Crippen LogP contribution in [0.4, 0.5) is 0 Å². The minimum absolute atomic E-state index is 0.0475. The molecule has 0 saturated carbocycles. The summed E-state index contributed by atoms with van der Waals surface area (Å²) in [6.07, 6.45) is 0.590. The number of aldehydes is 1. The highest BCUT2D eigenvalue weighted by atomic mass is 35.5. The molecule has 164 valence electrons. The number of nitrogens with zero attached hydrogens (tertiary/aromatic N) is 1. The second kappa shape index (κ2) is 9.16. The third-order valence-electron chi connectivity index (χ3n) is 5.02. The fraction of sp³-hybridized carbons (Fsp3) is 0.125. The van der Waals surface area contributed by atoms with Crippen LogP contribution in [0.15, 0.2) is 77.7 Å². The Balaban J connectivity index is 2.08. The van der Waals surface area contributed by atoms with E-state index < -0.39 is 18.2 Å². The van der Waals surface area contributed by atoms with Gasteiger partial charge in [0.05, 0.1) is 18.6 Å². The van der Waals surface area contributed by atoms with E-state index in [2.05, 4.69) is 0 Å². The molecule has 0 saturated heterocycles. The normalized spacial score (nSPS) is 12.7. The molecule has 1 aromatic heterocycles. The number of carbonyl (C=O) groups is 1. The smallest absolute Gasteiger partial charge is 0.268 e. The summed E-state index contributed by atoms with van der Waals surface area (Å²) in [6.45, 7) is 4.26. The van der Waals surface area contributed by atoms with Crippen molar-refractivity contribution in [1.82, 2.24) is 3.97 Å². The first-order valence-corrected chi connectivity index (χ1v) is 13.1. The van der Waals surface area contributed by atoms with E-state index >= 15 is 0 Å². The number of halogens is 1. The molecule has 0 aliphatic carbocycles. The summed E-state index contributed by atoms with van der Waals surface area (Å²) in [5.41, 5.74) is 1.52. The van der Waals surface area contributed by atoms with E-state index in [0.29, 0.717) is 34.1 Å². The van der Waals surface area contributed by atoms with Gasteiger partial charge in [0, 0.05) is 27.6 Å². The van der Waals surface area contributed by atoms with E-state index in [1.54, 1.807) is 36.4 Å². The van der Waals surface area contributed by atoms with Gasteiger partial charge in [0.2, 0.25) is 0 Å². The third-order valence-corrected chi connectivity index (χ3v) is 9.15. The Morgan fingerprint density at radius 3 is 2.34 bits per heavy atom. The lowest BCUT2D eigenvalue weighted by molar-refractivity contribution is 0.111. The molecule has 0 bridgehead atoms. The number of carbonyl (C=O) groups excluding carboxylic acids is 1. The van der Waals surface area contributed by atoms with Gasteiger partial charge < -0.3 is 4.52 Å². The molecular formula is C24H21ClNO4PS. The molecule has 8 heteroatoms. The predicted octanol–water partition coefficient (Wildman–Crippen LogP) is 5.04. The highest BCUT2D eigenvalue weighted by molar-refractivity contribution is 7.90. The second-order valence-electron chi connectivity index (χ2n) is 7.14. The first-order valence-electron chi connectivity index (χ1n) is 9.98. The number of aryl methyl sites for hydroxylation is 1. The molecule has 0 aliphatic heterocycles. The zero-order valence-corrected chi connectivity index (χ0v) is 20.0. The number of hydrogen-bond acceptors (Lipinski definition) is 4. The summed E-state index contributed by atoms with van der Waals surface area (Å²) in [5.74, 6) is 0. The molecule has 0 radical (unpaired) electrons. The standard InChI is InChI=1S/C24H21ClNO4PS/c1-3-30-31(19-12-9-17(2)10-13-19)24-21-15-18(25)11-14-22(21)26(23(24)16-27)32(28,29)20-7-5-4-6-8-20/h4-16H,3H2,1-2H3. The number of aromatic nitrogens is 1. The van der Waals surface area contributed by atoms with Crippen molar-refractivity contribution in [2.75, 3.05) is 6.61 Å². The van der Waals surface area contributed by atoms with Gasteiger partial charge in [-0.15, -0.1) is 0 Å². The highest BCUT2D eigenvalue weighted by Crippen LogP contribution is 2.41. The van der Waals surface area contributed by atoms with Gasteiger partial charge in [0.15, 0.2) is 6.29 Å². The third kappa shape index (κ3) is 4.00. The summed E-state index contributed by atoms with van der Waals surface area (Å²) in [6, 6.07) is 20.8. The lowest BCUT2D eigenvalue weighted by atomic mass is 10.2. The molecule has 4 rings (SSSR count). The first kappa shape index (κ1) is 22.7.